The van der Waals surface area contributed by atoms with Crippen molar-refractivity contribution in [2.24, 2.45) is 0 Å². The first-order valence-corrected chi connectivity index (χ1v) is 6.85. The van der Waals surface area contributed by atoms with E-state index in [1.807, 2.05) is 32.0 Å². The number of nitrogens with zero attached hydrogens (tertiary/aromatic N) is 1. The van der Waals surface area contributed by atoms with Crippen LogP contribution in [0.5, 0.6) is 0 Å². The Morgan fingerprint density at radius 2 is 2.11 bits per heavy atom. The number of thiazole rings is 1. The minimum absolute atomic E-state index is 0.0471. The molecule has 100 valence electrons. The average Bonchev–Trinajstić information content (AvgIpc) is 2.71. The summed E-state index contributed by atoms with van der Waals surface area (Å²) >= 11 is 1.11. The fourth-order valence-electron chi connectivity index (χ4n) is 1.97. The minimum Gasteiger partial charge on any atom is -0.481 e. The molecule has 0 spiro atoms. The Labute approximate surface area is 115 Å². The van der Waals surface area contributed by atoms with E-state index < -0.39 is 5.97 Å². The molecule has 1 aromatic carbocycles. The van der Waals surface area contributed by atoms with Crippen molar-refractivity contribution in [3.63, 3.8) is 0 Å². The molecular weight excluding hydrogens is 262 g/mol. The summed E-state index contributed by atoms with van der Waals surface area (Å²) in [4.78, 5) is 22.4. The first-order chi connectivity index (χ1) is 8.99. The molecule has 0 atom stereocenters. The van der Waals surface area contributed by atoms with Crippen LogP contribution in [0.25, 0.3) is 11.3 Å². The molecule has 1 heterocycles. The number of aliphatic carboxylic acids is 1. The second-order valence-electron chi connectivity index (χ2n) is 4.50. The van der Waals surface area contributed by atoms with Gasteiger partial charge >= 0.3 is 10.8 Å². The van der Waals surface area contributed by atoms with Gasteiger partial charge in [0.05, 0.1) is 12.1 Å². The quantitative estimate of drug-likeness (QED) is 0.934. The third-order valence-corrected chi connectivity index (χ3v) is 3.76. The number of hydrogen-bond donors (Lipinski definition) is 1. The summed E-state index contributed by atoms with van der Waals surface area (Å²) in [6.07, 6.45) is -0.0471. The molecule has 2 aromatic rings. The standard InChI is InChI=1S/C14H15NO3S/c1-9-3-4-10(2)11(7-9)12-8-19-14(18)15(12)6-5-13(16)17/h3-4,7-8H,5-6H2,1-2H3,(H,16,17). The van der Waals surface area contributed by atoms with Crippen LogP contribution in [0.3, 0.4) is 0 Å². The Morgan fingerprint density at radius 1 is 1.37 bits per heavy atom. The summed E-state index contributed by atoms with van der Waals surface area (Å²) < 4.78 is 1.54. The number of carboxylic acid groups (broad SMARTS) is 1. The predicted molar refractivity (Wildman–Crippen MR) is 75.7 cm³/mol. The fraction of sp³-hybridized carbons (Fsp3) is 0.286. The zero-order valence-electron chi connectivity index (χ0n) is 10.8. The summed E-state index contributed by atoms with van der Waals surface area (Å²) in [5, 5.41) is 10.5. The van der Waals surface area contributed by atoms with Crippen LogP contribution in [0.2, 0.25) is 0 Å². The van der Waals surface area contributed by atoms with Crippen LogP contribution in [0.15, 0.2) is 28.4 Å². The molecule has 0 unspecified atom stereocenters. The van der Waals surface area contributed by atoms with E-state index in [9.17, 15) is 9.59 Å². The van der Waals surface area contributed by atoms with Crippen LogP contribution < -0.4 is 4.87 Å². The highest BCUT2D eigenvalue weighted by atomic mass is 32.1. The number of aryl methyl sites for hydroxylation is 2. The van der Waals surface area contributed by atoms with Gasteiger partial charge in [0.2, 0.25) is 0 Å². The number of benzene rings is 1. The maximum absolute atomic E-state index is 11.8. The average molecular weight is 277 g/mol. The van der Waals surface area contributed by atoms with Crippen molar-refractivity contribution in [2.45, 2.75) is 26.8 Å². The number of carbonyl (C=O) groups is 1. The maximum atomic E-state index is 11.8. The van der Waals surface area contributed by atoms with Gasteiger partial charge in [-0.15, -0.1) is 0 Å². The van der Waals surface area contributed by atoms with Gasteiger partial charge in [0, 0.05) is 17.5 Å². The van der Waals surface area contributed by atoms with Gasteiger partial charge in [-0.05, 0) is 25.5 Å². The van der Waals surface area contributed by atoms with Crippen molar-refractivity contribution >= 4 is 17.3 Å². The lowest BCUT2D eigenvalue weighted by atomic mass is 10.0. The van der Waals surface area contributed by atoms with Crippen molar-refractivity contribution in [1.29, 1.82) is 0 Å². The Balaban J connectivity index is 2.48. The van der Waals surface area contributed by atoms with E-state index in [0.29, 0.717) is 0 Å². The highest BCUT2D eigenvalue weighted by Crippen LogP contribution is 2.25. The summed E-state index contributed by atoms with van der Waals surface area (Å²) in [5.74, 6) is -0.898. The molecule has 0 saturated heterocycles. The van der Waals surface area contributed by atoms with Gasteiger partial charge in [0.25, 0.3) is 0 Å². The van der Waals surface area contributed by atoms with Gasteiger partial charge in [0.15, 0.2) is 0 Å². The Hall–Kier alpha value is -1.88. The lowest BCUT2D eigenvalue weighted by molar-refractivity contribution is -0.137. The number of carboxylic acids is 1. The smallest absolute Gasteiger partial charge is 0.307 e. The van der Waals surface area contributed by atoms with E-state index in [1.54, 1.807) is 9.95 Å². The summed E-state index contributed by atoms with van der Waals surface area (Å²) in [6, 6.07) is 6.05. The molecule has 5 heteroatoms. The lowest BCUT2D eigenvalue weighted by Crippen LogP contribution is -2.16. The molecule has 1 N–H and O–H groups in total. The second kappa shape index (κ2) is 5.40. The fourth-order valence-corrected chi connectivity index (χ4v) is 2.76. The molecule has 19 heavy (non-hydrogen) atoms. The SMILES string of the molecule is Cc1ccc(C)c(-c2csc(=O)n2CCC(=O)O)c1. The lowest BCUT2D eigenvalue weighted by Gasteiger charge is -2.10. The monoisotopic (exact) mass is 277 g/mol. The molecule has 0 saturated carbocycles. The van der Waals surface area contributed by atoms with E-state index in [1.165, 1.54) is 0 Å². The third kappa shape index (κ3) is 2.93. The zero-order valence-corrected chi connectivity index (χ0v) is 11.7. The highest BCUT2D eigenvalue weighted by Gasteiger charge is 2.12. The Kier molecular flexibility index (Phi) is 3.85. The number of rotatable bonds is 4. The van der Waals surface area contributed by atoms with Crippen molar-refractivity contribution < 1.29 is 9.90 Å². The maximum Gasteiger partial charge on any atom is 0.307 e. The van der Waals surface area contributed by atoms with Crippen molar-refractivity contribution in [3.8, 4) is 11.3 Å². The van der Waals surface area contributed by atoms with Crippen LogP contribution >= 0.6 is 11.3 Å². The van der Waals surface area contributed by atoms with Gasteiger partial charge in [-0.25, -0.2) is 0 Å². The number of hydrogen-bond acceptors (Lipinski definition) is 3. The second-order valence-corrected chi connectivity index (χ2v) is 5.32. The van der Waals surface area contributed by atoms with Gasteiger partial charge in [-0.3, -0.25) is 14.2 Å². The molecule has 0 aliphatic carbocycles. The van der Waals surface area contributed by atoms with Gasteiger partial charge < -0.3 is 5.11 Å². The molecule has 0 bridgehead atoms. The molecule has 0 radical (unpaired) electrons. The van der Waals surface area contributed by atoms with E-state index in [4.69, 9.17) is 5.11 Å². The molecular formula is C14H15NO3S. The topological polar surface area (TPSA) is 59.3 Å². The van der Waals surface area contributed by atoms with E-state index in [-0.39, 0.29) is 17.8 Å². The molecule has 2 rings (SSSR count). The third-order valence-electron chi connectivity index (χ3n) is 3.00. The normalized spacial score (nSPS) is 10.6. The summed E-state index contributed by atoms with van der Waals surface area (Å²) in [6.45, 7) is 4.19. The van der Waals surface area contributed by atoms with Crippen molar-refractivity contribution in [2.75, 3.05) is 0 Å². The van der Waals surface area contributed by atoms with Gasteiger partial charge in [-0.1, -0.05) is 29.0 Å². The molecule has 0 aliphatic heterocycles. The Bertz CT molecular complexity index is 670. The molecule has 0 amide bonds. The van der Waals surface area contributed by atoms with E-state index >= 15 is 0 Å². The zero-order chi connectivity index (χ0) is 14.0. The van der Waals surface area contributed by atoms with E-state index in [2.05, 4.69) is 0 Å². The van der Waals surface area contributed by atoms with Gasteiger partial charge in [-0.2, -0.15) is 0 Å². The van der Waals surface area contributed by atoms with Crippen LogP contribution in [0, 0.1) is 13.8 Å². The summed E-state index contributed by atoms with van der Waals surface area (Å²) in [5.41, 5.74) is 3.98. The van der Waals surface area contributed by atoms with Crippen molar-refractivity contribution in [1.82, 2.24) is 4.57 Å². The minimum atomic E-state index is -0.898. The molecule has 1 aromatic heterocycles. The van der Waals surface area contributed by atoms with E-state index in [0.717, 1.165) is 33.7 Å². The van der Waals surface area contributed by atoms with Crippen LogP contribution in [0.4, 0.5) is 0 Å². The summed E-state index contributed by atoms with van der Waals surface area (Å²) in [7, 11) is 0. The van der Waals surface area contributed by atoms with Crippen LogP contribution in [-0.4, -0.2) is 15.6 Å². The number of aromatic nitrogens is 1. The first-order valence-electron chi connectivity index (χ1n) is 5.97. The molecule has 4 nitrogen and oxygen atoms in total. The van der Waals surface area contributed by atoms with Gasteiger partial charge in [0.1, 0.15) is 0 Å². The molecule has 0 aliphatic rings. The first kappa shape index (κ1) is 13.5. The highest BCUT2D eigenvalue weighted by molar-refractivity contribution is 7.07. The van der Waals surface area contributed by atoms with Crippen molar-refractivity contribution in [3.05, 3.63) is 44.4 Å². The molecule has 0 fully saturated rings. The predicted octanol–water partition coefficient (Wildman–Crippen LogP) is 2.67. The largest absolute Gasteiger partial charge is 0.481 e. The Morgan fingerprint density at radius 3 is 2.79 bits per heavy atom. The van der Waals surface area contributed by atoms with Crippen LogP contribution in [-0.2, 0) is 11.3 Å². The van der Waals surface area contributed by atoms with Crippen LogP contribution in [0.1, 0.15) is 17.5 Å².